The lowest BCUT2D eigenvalue weighted by Gasteiger charge is -2.43. The number of nitrogens with zero attached hydrogens (tertiary/aromatic N) is 1. The van der Waals surface area contributed by atoms with Gasteiger partial charge in [-0.15, -0.1) is 13.2 Å². The zero-order valence-electron chi connectivity index (χ0n) is 18.3. The van der Waals surface area contributed by atoms with Gasteiger partial charge in [-0.25, -0.2) is 8.78 Å². The molecule has 1 aliphatic carbocycles. The van der Waals surface area contributed by atoms with E-state index in [2.05, 4.69) is 4.74 Å². The number of anilines is 1. The van der Waals surface area contributed by atoms with Crippen LogP contribution in [0.1, 0.15) is 6.42 Å². The Bertz CT molecular complexity index is 1150. The van der Waals surface area contributed by atoms with Crippen LogP contribution in [-0.2, 0) is 4.74 Å². The number of alkyl halides is 6. The largest absolute Gasteiger partial charge is 0.573 e. The first-order valence-electron chi connectivity index (χ1n) is 10.7. The molecule has 0 amide bonds. The van der Waals surface area contributed by atoms with E-state index in [0.717, 1.165) is 24.3 Å². The van der Waals surface area contributed by atoms with Gasteiger partial charge >= 0.3 is 12.5 Å². The number of halogens is 8. The molecule has 2 aromatic carbocycles. The molecular weight excluding hydrogens is 502 g/mol. The Labute approximate surface area is 200 Å². The third kappa shape index (κ3) is 5.75. The predicted octanol–water partition coefficient (Wildman–Crippen LogP) is 6.12. The molecular formula is C24H19F8NO3. The summed E-state index contributed by atoms with van der Waals surface area (Å²) in [6, 6.07) is 6.08. The van der Waals surface area contributed by atoms with Crippen LogP contribution in [-0.4, -0.2) is 42.9 Å². The van der Waals surface area contributed by atoms with Crippen molar-refractivity contribution in [3.05, 3.63) is 72.0 Å². The van der Waals surface area contributed by atoms with Gasteiger partial charge in [-0.05, 0) is 42.3 Å². The Morgan fingerprint density at radius 1 is 1.06 bits per heavy atom. The second-order valence-corrected chi connectivity index (χ2v) is 8.32. The van der Waals surface area contributed by atoms with E-state index < -0.39 is 54.5 Å². The summed E-state index contributed by atoms with van der Waals surface area (Å²) in [5.41, 5.74) is 0.342. The quantitative estimate of drug-likeness (QED) is 0.482. The van der Waals surface area contributed by atoms with E-state index in [1.54, 1.807) is 0 Å². The second-order valence-electron chi connectivity index (χ2n) is 8.32. The number of fused-ring (bicyclic) bond motifs is 1. The van der Waals surface area contributed by atoms with Crippen molar-refractivity contribution in [3.63, 3.8) is 0 Å². The Hall–Kier alpha value is -3.28. The molecule has 1 heterocycles. The van der Waals surface area contributed by atoms with Gasteiger partial charge in [0.25, 0.3) is 0 Å². The molecule has 1 unspecified atom stereocenters. The van der Waals surface area contributed by atoms with Crippen LogP contribution >= 0.6 is 0 Å². The van der Waals surface area contributed by atoms with Crippen molar-refractivity contribution in [1.82, 2.24) is 0 Å². The third-order valence-corrected chi connectivity index (χ3v) is 5.82. The summed E-state index contributed by atoms with van der Waals surface area (Å²) in [4.78, 5) is 1.20. The molecule has 1 aliphatic heterocycles. The van der Waals surface area contributed by atoms with Crippen molar-refractivity contribution in [2.24, 2.45) is 5.92 Å². The Balaban J connectivity index is 1.75. The van der Waals surface area contributed by atoms with E-state index in [0.29, 0.717) is 6.07 Å². The van der Waals surface area contributed by atoms with Crippen molar-refractivity contribution in [3.8, 4) is 16.9 Å². The van der Waals surface area contributed by atoms with E-state index >= 15 is 0 Å². The molecule has 2 aromatic rings. The minimum Gasteiger partial charge on any atom is -0.489 e. The number of β-amino-alcohol motifs (C(OH)–C–C–N with tert-alkyl or cyclic N) is 1. The Kier molecular flexibility index (Phi) is 6.91. The first kappa shape index (κ1) is 25.8. The lowest BCUT2D eigenvalue weighted by molar-refractivity contribution is -0.303. The molecule has 4 nitrogen and oxygen atoms in total. The highest BCUT2D eigenvalue weighted by Gasteiger charge is 2.43. The molecule has 36 heavy (non-hydrogen) atoms. The molecule has 0 radical (unpaired) electrons. The molecule has 194 valence electrons. The average Bonchev–Trinajstić information content (AvgIpc) is 2.76. The Morgan fingerprint density at radius 3 is 2.39 bits per heavy atom. The van der Waals surface area contributed by atoms with Gasteiger partial charge in [0, 0.05) is 17.5 Å². The summed E-state index contributed by atoms with van der Waals surface area (Å²) in [5.74, 6) is -3.02. The molecule has 0 spiro atoms. The fourth-order valence-corrected chi connectivity index (χ4v) is 4.30. The van der Waals surface area contributed by atoms with Crippen LogP contribution in [0.25, 0.3) is 11.1 Å². The van der Waals surface area contributed by atoms with Crippen molar-refractivity contribution in [2.45, 2.75) is 31.1 Å². The number of aliphatic hydroxyl groups excluding tert-OH is 1. The molecule has 12 heteroatoms. The second kappa shape index (κ2) is 9.64. The normalized spacial score (nSPS) is 20.9. The first-order chi connectivity index (χ1) is 16.8. The smallest absolute Gasteiger partial charge is 0.489 e. The highest BCUT2D eigenvalue weighted by molar-refractivity contribution is 5.80. The van der Waals surface area contributed by atoms with Crippen LogP contribution in [0.5, 0.6) is 5.75 Å². The average molecular weight is 521 g/mol. The highest BCUT2D eigenvalue weighted by atomic mass is 19.4. The lowest BCUT2D eigenvalue weighted by Crippen LogP contribution is -2.52. The standard InChI is InChI=1S/C24H19F8NO3/c25-15-7-14(8-16(26)10-15)18-5-2-6-19-22(18)35-12-20(33(19)11-21(34)23(27,28)29)13-3-1-4-17(9-13)36-24(30,31)32/h1-2,4-10,13,20-21,34H,3,11-12H2/t13?,20-,21-/m1/s1. The van der Waals surface area contributed by atoms with Gasteiger partial charge in [0.2, 0.25) is 0 Å². The number of hydrogen-bond donors (Lipinski definition) is 1. The zero-order valence-corrected chi connectivity index (χ0v) is 18.3. The molecule has 4 rings (SSSR count). The number of rotatable bonds is 5. The minimum absolute atomic E-state index is 0.0234. The van der Waals surface area contributed by atoms with Crippen LogP contribution in [0.15, 0.2) is 60.4 Å². The maximum Gasteiger partial charge on any atom is 0.573 e. The molecule has 0 aromatic heterocycles. The summed E-state index contributed by atoms with van der Waals surface area (Å²) in [5, 5.41) is 9.83. The van der Waals surface area contributed by atoms with Crippen molar-refractivity contribution >= 4 is 5.69 Å². The zero-order chi connectivity index (χ0) is 26.3. The fraction of sp³-hybridized carbons (Fsp3) is 0.333. The SMILES string of the molecule is O[C@H](CN1c2cccc(-c3cc(F)cc(F)c3)c2OC[C@@H]1C1C=C(OC(F)(F)F)C=CC1)C(F)(F)F. The molecule has 2 aliphatic rings. The Morgan fingerprint density at radius 2 is 1.75 bits per heavy atom. The van der Waals surface area contributed by atoms with Gasteiger partial charge in [0.05, 0.1) is 18.3 Å². The number of benzene rings is 2. The van der Waals surface area contributed by atoms with E-state index in [-0.39, 0.29) is 35.6 Å². The summed E-state index contributed by atoms with van der Waals surface area (Å²) in [6.45, 7) is -1.23. The van der Waals surface area contributed by atoms with Gasteiger partial charge in [-0.2, -0.15) is 13.2 Å². The summed E-state index contributed by atoms with van der Waals surface area (Å²) >= 11 is 0. The predicted molar refractivity (Wildman–Crippen MR) is 113 cm³/mol. The van der Waals surface area contributed by atoms with Crippen LogP contribution < -0.4 is 9.64 Å². The van der Waals surface area contributed by atoms with E-state index in [9.17, 15) is 40.2 Å². The van der Waals surface area contributed by atoms with Crippen LogP contribution in [0.3, 0.4) is 0 Å². The highest BCUT2D eigenvalue weighted by Crippen LogP contribution is 2.45. The van der Waals surface area contributed by atoms with Crippen LogP contribution in [0, 0.1) is 17.6 Å². The van der Waals surface area contributed by atoms with E-state index in [1.165, 1.54) is 29.2 Å². The summed E-state index contributed by atoms with van der Waals surface area (Å²) in [6.07, 6.45) is -8.91. The van der Waals surface area contributed by atoms with Crippen LogP contribution in [0.4, 0.5) is 40.8 Å². The number of para-hydroxylation sites is 1. The summed E-state index contributed by atoms with van der Waals surface area (Å²) < 4.78 is 115. The van der Waals surface area contributed by atoms with E-state index in [4.69, 9.17) is 4.74 Å². The fourth-order valence-electron chi connectivity index (χ4n) is 4.30. The molecule has 0 saturated heterocycles. The first-order valence-corrected chi connectivity index (χ1v) is 10.7. The van der Waals surface area contributed by atoms with Gasteiger partial charge in [0.15, 0.2) is 11.9 Å². The van der Waals surface area contributed by atoms with Crippen molar-refractivity contribution in [1.29, 1.82) is 0 Å². The van der Waals surface area contributed by atoms with Gasteiger partial charge < -0.3 is 19.5 Å². The van der Waals surface area contributed by atoms with Gasteiger partial charge in [-0.3, -0.25) is 0 Å². The number of allylic oxidation sites excluding steroid dienone is 2. The molecule has 0 fully saturated rings. The topological polar surface area (TPSA) is 41.9 Å². The van der Waals surface area contributed by atoms with Crippen LogP contribution in [0.2, 0.25) is 0 Å². The van der Waals surface area contributed by atoms with Crippen molar-refractivity contribution in [2.75, 3.05) is 18.1 Å². The minimum atomic E-state index is -4.97. The molecule has 1 N–H and O–H groups in total. The molecule has 0 saturated carbocycles. The van der Waals surface area contributed by atoms with E-state index in [1.807, 2.05) is 0 Å². The van der Waals surface area contributed by atoms with Gasteiger partial charge in [-0.1, -0.05) is 18.2 Å². The monoisotopic (exact) mass is 521 g/mol. The molecule has 3 atom stereocenters. The maximum absolute atomic E-state index is 13.8. The summed E-state index contributed by atoms with van der Waals surface area (Å²) in [7, 11) is 0. The number of aliphatic hydroxyl groups is 1. The number of hydrogen-bond acceptors (Lipinski definition) is 4. The van der Waals surface area contributed by atoms with Gasteiger partial charge in [0.1, 0.15) is 24.0 Å². The maximum atomic E-state index is 13.8. The van der Waals surface area contributed by atoms with Crippen molar-refractivity contribution < 1.29 is 49.7 Å². The third-order valence-electron chi connectivity index (χ3n) is 5.82. The lowest BCUT2D eigenvalue weighted by atomic mass is 9.89. The number of ether oxygens (including phenoxy) is 2. The molecule has 0 bridgehead atoms.